The summed E-state index contributed by atoms with van der Waals surface area (Å²) in [5.74, 6) is 1.94. The molecule has 0 spiro atoms. The first-order chi connectivity index (χ1) is 9.70. The Kier molecular flexibility index (Phi) is 3.62. The van der Waals surface area contributed by atoms with Crippen LogP contribution in [0, 0.1) is 5.92 Å². The molecular weight excluding hydrogens is 246 g/mol. The second-order valence-corrected chi connectivity index (χ2v) is 5.89. The van der Waals surface area contributed by atoms with E-state index < -0.39 is 0 Å². The molecule has 1 heterocycles. The maximum atomic E-state index is 5.78. The summed E-state index contributed by atoms with van der Waals surface area (Å²) >= 11 is 0. The van der Waals surface area contributed by atoms with Crippen molar-refractivity contribution in [3.63, 3.8) is 0 Å². The zero-order valence-corrected chi connectivity index (χ0v) is 12.3. The van der Waals surface area contributed by atoms with Crippen LogP contribution >= 0.6 is 0 Å². The highest BCUT2D eigenvalue weighted by Crippen LogP contribution is 2.37. The van der Waals surface area contributed by atoms with Crippen LogP contribution in [0.4, 0.5) is 5.82 Å². The van der Waals surface area contributed by atoms with E-state index in [0.717, 1.165) is 23.7 Å². The minimum atomic E-state index is 0.556. The van der Waals surface area contributed by atoms with Crippen molar-refractivity contribution in [3.8, 4) is 0 Å². The number of benzene rings is 1. The molecule has 1 aromatic carbocycles. The molecular formula is C17H23N3. The molecule has 106 valence electrons. The average molecular weight is 269 g/mol. The maximum Gasteiger partial charge on any atom is 0.132 e. The van der Waals surface area contributed by atoms with Gasteiger partial charge in [-0.25, -0.2) is 4.98 Å². The molecule has 0 saturated heterocycles. The van der Waals surface area contributed by atoms with Crippen LogP contribution in [0.15, 0.2) is 30.3 Å². The molecule has 0 amide bonds. The Morgan fingerprint density at radius 3 is 2.80 bits per heavy atom. The lowest BCUT2D eigenvalue weighted by Gasteiger charge is -2.28. The van der Waals surface area contributed by atoms with E-state index in [2.05, 4.69) is 43.1 Å². The van der Waals surface area contributed by atoms with Crippen molar-refractivity contribution >= 4 is 16.7 Å². The number of hydrogen-bond donors (Lipinski definition) is 1. The third-order valence-corrected chi connectivity index (χ3v) is 4.44. The van der Waals surface area contributed by atoms with Crippen molar-refractivity contribution in [2.75, 3.05) is 18.5 Å². The van der Waals surface area contributed by atoms with Crippen LogP contribution in [0.25, 0.3) is 10.9 Å². The van der Waals surface area contributed by atoms with Gasteiger partial charge in [-0.15, -0.1) is 0 Å². The van der Waals surface area contributed by atoms with Crippen LogP contribution in [0.3, 0.4) is 0 Å². The lowest BCUT2D eigenvalue weighted by molar-refractivity contribution is 0.602. The van der Waals surface area contributed by atoms with Gasteiger partial charge in [0.15, 0.2) is 0 Å². The third-order valence-electron chi connectivity index (χ3n) is 4.44. The van der Waals surface area contributed by atoms with Crippen molar-refractivity contribution in [1.82, 2.24) is 4.98 Å². The molecule has 1 atom stereocenters. The van der Waals surface area contributed by atoms with Gasteiger partial charge >= 0.3 is 0 Å². The van der Waals surface area contributed by atoms with E-state index in [0.29, 0.717) is 12.6 Å². The topological polar surface area (TPSA) is 42.2 Å². The molecule has 0 bridgehead atoms. The fraction of sp³-hybridized carbons (Fsp3) is 0.471. The molecule has 20 heavy (non-hydrogen) atoms. The largest absolute Gasteiger partial charge is 0.356 e. The lowest BCUT2D eigenvalue weighted by Crippen LogP contribution is -2.32. The number of nitrogens with zero attached hydrogens (tertiary/aromatic N) is 2. The quantitative estimate of drug-likeness (QED) is 0.907. The Morgan fingerprint density at radius 1 is 1.35 bits per heavy atom. The number of nitrogens with two attached hydrogens (primary N) is 1. The highest BCUT2D eigenvalue weighted by atomic mass is 15.2. The molecule has 3 nitrogen and oxygen atoms in total. The number of rotatable bonds is 5. The predicted octanol–water partition coefficient (Wildman–Crippen LogP) is 2.97. The normalized spacial score (nSPS) is 16.4. The van der Waals surface area contributed by atoms with Gasteiger partial charge in [0.2, 0.25) is 0 Å². The third kappa shape index (κ3) is 2.50. The zero-order chi connectivity index (χ0) is 14.1. The molecule has 1 unspecified atom stereocenters. The molecule has 1 aromatic heterocycles. The summed E-state index contributed by atoms with van der Waals surface area (Å²) in [5.41, 5.74) is 8.11. The van der Waals surface area contributed by atoms with Crippen LogP contribution in [0.5, 0.6) is 0 Å². The highest BCUT2D eigenvalue weighted by molar-refractivity contribution is 5.81. The van der Waals surface area contributed by atoms with Gasteiger partial charge in [0.25, 0.3) is 0 Å². The molecule has 3 rings (SSSR count). The van der Waals surface area contributed by atoms with Gasteiger partial charge < -0.3 is 10.6 Å². The second-order valence-electron chi connectivity index (χ2n) is 5.89. The minimum Gasteiger partial charge on any atom is -0.356 e. The van der Waals surface area contributed by atoms with Crippen molar-refractivity contribution in [1.29, 1.82) is 0 Å². The molecule has 1 aliphatic carbocycles. The molecule has 2 N–H and O–H groups in total. The Balaban J connectivity index is 2.03. The Hall–Kier alpha value is -1.61. The fourth-order valence-electron chi connectivity index (χ4n) is 2.88. The van der Waals surface area contributed by atoms with E-state index in [9.17, 15) is 0 Å². The fourth-order valence-corrected chi connectivity index (χ4v) is 2.88. The van der Waals surface area contributed by atoms with Gasteiger partial charge in [0.1, 0.15) is 5.82 Å². The van der Waals surface area contributed by atoms with Gasteiger partial charge in [-0.3, -0.25) is 0 Å². The number of aromatic nitrogens is 1. The van der Waals surface area contributed by atoms with E-state index in [1.165, 1.54) is 23.8 Å². The molecule has 0 radical (unpaired) electrons. The molecule has 1 aliphatic rings. The first-order valence-corrected chi connectivity index (χ1v) is 7.52. The van der Waals surface area contributed by atoms with Gasteiger partial charge in [-0.1, -0.05) is 18.2 Å². The van der Waals surface area contributed by atoms with Crippen molar-refractivity contribution < 1.29 is 0 Å². The van der Waals surface area contributed by atoms with Gasteiger partial charge in [-0.05, 0) is 56.3 Å². The van der Waals surface area contributed by atoms with Crippen LogP contribution < -0.4 is 10.6 Å². The SMILES string of the molecule is CC(C1CC1)N(C)c1nc2ccccc2cc1CCN. The summed E-state index contributed by atoms with van der Waals surface area (Å²) in [6, 6.07) is 11.1. The molecule has 1 fully saturated rings. The number of hydrogen-bond acceptors (Lipinski definition) is 3. The van der Waals surface area contributed by atoms with Crippen molar-refractivity contribution in [2.24, 2.45) is 11.7 Å². The van der Waals surface area contributed by atoms with Crippen LogP contribution in [0.2, 0.25) is 0 Å². The first-order valence-electron chi connectivity index (χ1n) is 7.52. The summed E-state index contributed by atoms with van der Waals surface area (Å²) in [6.45, 7) is 2.97. The standard InChI is InChI=1S/C17H23N3/c1-12(13-7-8-13)20(2)17-15(9-10-18)11-14-5-3-4-6-16(14)19-17/h3-6,11-13H,7-10,18H2,1-2H3. The second kappa shape index (κ2) is 5.41. The van der Waals surface area contributed by atoms with Crippen LogP contribution in [-0.4, -0.2) is 24.6 Å². The molecule has 3 heteroatoms. The summed E-state index contributed by atoms with van der Waals surface area (Å²) in [4.78, 5) is 7.24. The van der Waals surface area contributed by atoms with Crippen LogP contribution in [-0.2, 0) is 6.42 Å². The number of anilines is 1. The monoisotopic (exact) mass is 269 g/mol. The van der Waals surface area contributed by atoms with E-state index >= 15 is 0 Å². The Labute approximate surface area is 120 Å². The zero-order valence-electron chi connectivity index (χ0n) is 12.3. The van der Waals surface area contributed by atoms with Gasteiger partial charge in [0.05, 0.1) is 5.52 Å². The number of pyridine rings is 1. The highest BCUT2D eigenvalue weighted by Gasteiger charge is 2.31. The number of para-hydroxylation sites is 1. The van der Waals surface area contributed by atoms with E-state index in [4.69, 9.17) is 10.7 Å². The van der Waals surface area contributed by atoms with E-state index in [1.807, 2.05) is 6.07 Å². The Bertz CT molecular complexity index is 604. The summed E-state index contributed by atoms with van der Waals surface area (Å²) in [6.07, 6.45) is 3.59. The van der Waals surface area contributed by atoms with E-state index in [-0.39, 0.29) is 0 Å². The first kappa shape index (κ1) is 13.4. The molecule has 2 aromatic rings. The van der Waals surface area contributed by atoms with Crippen molar-refractivity contribution in [2.45, 2.75) is 32.2 Å². The minimum absolute atomic E-state index is 0.556. The average Bonchev–Trinajstić information content (AvgIpc) is 3.30. The van der Waals surface area contributed by atoms with Crippen LogP contribution in [0.1, 0.15) is 25.3 Å². The lowest BCUT2D eigenvalue weighted by atomic mass is 10.1. The molecule has 0 aliphatic heterocycles. The van der Waals surface area contributed by atoms with Gasteiger partial charge in [-0.2, -0.15) is 0 Å². The maximum absolute atomic E-state index is 5.78. The summed E-state index contributed by atoms with van der Waals surface area (Å²) in [5, 5.41) is 1.20. The van der Waals surface area contributed by atoms with Gasteiger partial charge in [0, 0.05) is 18.5 Å². The predicted molar refractivity (Wildman–Crippen MR) is 85.1 cm³/mol. The summed E-state index contributed by atoms with van der Waals surface area (Å²) < 4.78 is 0. The van der Waals surface area contributed by atoms with E-state index in [1.54, 1.807) is 0 Å². The summed E-state index contributed by atoms with van der Waals surface area (Å²) in [7, 11) is 2.17. The smallest absolute Gasteiger partial charge is 0.132 e. The molecule has 1 saturated carbocycles. The number of fused-ring (bicyclic) bond motifs is 1. The van der Waals surface area contributed by atoms with Crippen molar-refractivity contribution in [3.05, 3.63) is 35.9 Å². The Morgan fingerprint density at radius 2 is 2.10 bits per heavy atom.